The van der Waals surface area contributed by atoms with Gasteiger partial charge in [0.15, 0.2) is 6.10 Å². The number of unbranched alkanes of at least 4 members (excludes halogenated alkanes) is 41. The molecule has 0 aliphatic carbocycles. The second-order valence-corrected chi connectivity index (χ2v) is 30.1. The van der Waals surface area contributed by atoms with Gasteiger partial charge in [-0.1, -0.05) is 410 Å². The molecule has 0 aromatic heterocycles. The summed E-state index contributed by atoms with van der Waals surface area (Å²) in [6.45, 7) is 4.75. The van der Waals surface area contributed by atoms with E-state index in [2.05, 4.69) is 160 Å². The predicted molar refractivity (Wildman–Crippen MR) is 451 cm³/mol. The molecule has 9 nitrogen and oxygen atoms in total. The van der Waals surface area contributed by atoms with Crippen LogP contribution in [0.3, 0.4) is 0 Å². The van der Waals surface area contributed by atoms with E-state index in [1.165, 1.54) is 238 Å². The topological polar surface area (TPSA) is 108 Å². The van der Waals surface area contributed by atoms with Crippen LogP contribution in [0.15, 0.2) is 146 Å². The second kappa shape index (κ2) is 83.8. The summed E-state index contributed by atoms with van der Waals surface area (Å²) in [7, 11) is 5.97. The molecule has 0 aliphatic rings. The Morgan fingerprint density at radius 2 is 0.548 bits per heavy atom. The van der Waals surface area contributed by atoms with Gasteiger partial charge < -0.3 is 28.5 Å². The van der Waals surface area contributed by atoms with Crippen molar-refractivity contribution in [2.45, 2.75) is 392 Å². The SMILES string of the molecule is CC/C=C\C/C=C\C/C=C\C/C=C\C/C=C\C/C=C\C/C=C\C/C=C\C/C=C\C/C=C\C/C=C\C/C=C\CCCCC(=O)OC(COC(=O)CCCCCCCCCCCCCCCCCCCCCCCCCCCCCCCCCCCCCCCCCC)COC(OCC[N+](C)(C)C)C(=O)O. The fourth-order valence-corrected chi connectivity index (χ4v) is 12.3. The van der Waals surface area contributed by atoms with Crippen LogP contribution in [0, 0.1) is 0 Å². The number of esters is 2. The zero-order valence-electron chi connectivity index (χ0n) is 68.4. The lowest BCUT2D eigenvalue weighted by Crippen LogP contribution is -2.40. The number of quaternary nitrogens is 1. The van der Waals surface area contributed by atoms with Gasteiger partial charge in [0.2, 0.25) is 0 Å². The minimum Gasteiger partial charge on any atom is -0.477 e. The Morgan fingerprint density at radius 1 is 0.298 bits per heavy atom. The van der Waals surface area contributed by atoms with Gasteiger partial charge in [0.1, 0.15) is 13.2 Å². The van der Waals surface area contributed by atoms with Crippen molar-refractivity contribution in [1.29, 1.82) is 0 Å². The first kappa shape index (κ1) is 99.2. The Hall–Kier alpha value is -4.83. The van der Waals surface area contributed by atoms with Crippen LogP contribution in [0.5, 0.6) is 0 Å². The average molecular weight is 1450 g/mol. The number of hydrogen-bond donors (Lipinski definition) is 1. The maximum Gasteiger partial charge on any atom is 0.361 e. The molecule has 0 bridgehead atoms. The molecule has 104 heavy (non-hydrogen) atoms. The summed E-state index contributed by atoms with van der Waals surface area (Å²) in [5.74, 6) is -2.06. The van der Waals surface area contributed by atoms with Crippen LogP contribution in [0.1, 0.15) is 380 Å². The van der Waals surface area contributed by atoms with Crippen LogP contribution in [0.4, 0.5) is 0 Å². The minimum absolute atomic E-state index is 0.173. The van der Waals surface area contributed by atoms with E-state index in [4.69, 9.17) is 18.9 Å². The smallest absolute Gasteiger partial charge is 0.361 e. The molecule has 0 rings (SSSR count). The molecule has 0 aromatic rings. The third-order valence-corrected chi connectivity index (χ3v) is 18.9. The molecular formula is C95H164NO8+. The number of carbonyl (C=O) groups is 3. The summed E-state index contributed by atoms with van der Waals surface area (Å²) < 4.78 is 23.0. The fourth-order valence-electron chi connectivity index (χ4n) is 12.3. The third kappa shape index (κ3) is 84.4. The maximum atomic E-state index is 13.0. The van der Waals surface area contributed by atoms with Crippen molar-refractivity contribution in [3.05, 3.63) is 146 Å². The highest BCUT2D eigenvalue weighted by atomic mass is 16.7. The van der Waals surface area contributed by atoms with E-state index in [1.54, 1.807) is 0 Å². The summed E-state index contributed by atoms with van der Waals surface area (Å²) in [5, 5.41) is 9.78. The summed E-state index contributed by atoms with van der Waals surface area (Å²) in [6, 6.07) is 0. The number of carboxylic acids is 1. The molecule has 9 heteroatoms. The molecule has 0 aromatic carbocycles. The van der Waals surface area contributed by atoms with Gasteiger partial charge in [0, 0.05) is 12.8 Å². The summed E-state index contributed by atoms with van der Waals surface area (Å²) in [6.07, 6.45) is 120. The molecule has 0 spiro atoms. The molecule has 1 N–H and O–H groups in total. The highest BCUT2D eigenvalue weighted by molar-refractivity contribution is 5.71. The number of aliphatic carboxylic acids is 1. The lowest BCUT2D eigenvalue weighted by Gasteiger charge is -2.25. The molecule has 0 aliphatic heterocycles. The average Bonchev–Trinajstić information content (AvgIpc) is 1.13. The second-order valence-electron chi connectivity index (χ2n) is 30.1. The number of ether oxygens (including phenoxy) is 4. The van der Waals surface area contributed by atoms with Gasteiger partial charge in [-0.3, -0.25) is 9.59 Å². The number of nitrogens with zero attached hydrogens (tertiary/aromatic N) is 1. The molecule has 2 atom stereocenters. The lowest BCUT2D eigenvalue weighted by atomic mass is 10.0. The van der Waals surface area contributed by atoms with Gasteiger partial charge in [0.05, 0.1) is 34.4 Å². The quantitative estimate of drug-likeness (QED) is 0.0211. The lowest BCUT2D eigenvalue weighted by molar-refractivity contribution is -0.870. The maximum absolute atomic E-state index is 13.0. The van der Waals surface area contributed by atoms with E-state index < -0.39 is 24.3 Å². The van der Waals surface area contributed by atoms with Gasteiger partial charge in [-0.05, 0) is 103 Å². The highest BCUT2D eigenvalue weighted by Gasteiger charge is 2.25. The van der Waals surface area contributed by atoms with Crippen molar-refractivity contribution in [2.24, 2.45) is 0 Å². The van der Waals surface area contributed by atoms with Gasteiger partial charge in [-0.25, -0.2) is 4.79 Å². The largest absolute Gasteiger partial charge is 0.477 e. The van der Waals surface area contributed by atoms with Crippen molar-refractivity contribution in [3.63, 3.8) is 0 Å². The standard InChI is InChI=1S/C95H163NO8/c1-6-8-10-12-14-16-18-20-22-24-26-28-30-32-34-36-38-40-42-44-46-48-49-51-53-55-57-59-61-63-65-67-69-71-73-75-77-79-81-83-85-92(97)102-89-91(90-103-95(94(99)100)101-88-87-96(3,4)5)104-93(98)86-84-82-80-78-76-74-72-70-68-66-64-62-60-58-56-54-52-50-47-45-43-41-39-37-35-33-31-29-27-25-23-21-19-17-15-13-11-9-7-2/h9,11,15,17,21,23,27,29,33,35,39,41,45,47,52,54,58,60,64,66,70,72,76,78,91,95H,6-8,10,12-14,16,18-20,22,24-26,28,30-32,34,36-38,40,42-44,46,48-51,53,55-57,59,61-63,65,67-69,71,73-75,77,79-90H2,1-5H3/p+1/b11-9-,17-15-,23-21-,29-27-,35-33-,41-39-,47-45-,54-52-,60-58-,66-64-,72-70-,78-76-. The molecule has 2 unspecified atom stereocenters. The number of carbonyl (C=O) groups excluding carboxylic acids is 2. The number of carboxylic acid groups (broad SMARTS) is 1. The van der Waals surface area contributed by atoms with Crippen LogP contribution < -0.4 is 0 Å². The summed E-state index contributed by atoms with van der Waals surface area (Å²) >= 11 is 0. The predicted octanol–water partition coefficient (Wildman–Crippen LogP) is 28.5. The minimum atomic E-state index is -1.53. The van der Waals surface area contributed by atoms with Crippen molar-refractivity contribution in [3.8, 4) is 0 Å². The molecule has 596 valence electrons. The van der Waals surface area contributed by atoms with Gasteiger partial charge in [-0.2, -0.15) is 0 Å². The molecule has 0 amide bonds. The Labute approximate surface area is 642 Å². The zero-order valence-corrected chi connectivity index (χ0v) is 68.4. The molecule has 0 saturated carbocycles. The van der Waals surface area contributed by atoms with Gasteiger partial charge >= 0.3 is 17.9 Å². The first-order valence-electron chi connectivity index (χ1n) is 43.5. The van der Waals surface area contributed by atoms with Crippen LogP contribution in [-0.2, 0) is 33.3 Å². The Balaban J connectivity index is 4.07. The van der Waals surface area contributed by atoms with Crippen molar-refractivity contribution in [2.75, 3.05) is 47.5 Å². The van der Waals surface area contributed by atoms with E-state index in [-0.39, 0.29) is 38.6 Å². The van der Waals surface area contributed by atoms with Crippen molar-refractivity contribution < 1.29 is 42.9 Å². The zero-order chi connectivity index (χ0) is 75.3. The van der Waals surface area contributed by atoms with E-state index in [0.717, 1.165) is 109 Å². The first-order valence-corrected chi connectivity index (χ1v) is 43.5. The Kier molecular flexibility index (Phi) is 79.9. The van der Waals surface area contributed by atoms with E-state index in [1.807, 2.05) is 21.1 Å². The summed E-state index contributed by atoms with van der Waals surface area (Å²) in [5.41, 5.74) is 0. The van der Waals surface area contributed by atoms with E-state index in [9.17, 15) is 19.5 Å². The molecule has 0 fully saturated rings. The van der Waals surface area contributed by atoms with Crippen LogP contribution in [0.25, 0.3) is 0 Å². The van der Waals surface area contributed by atoms with Crippen molar-refractivity contribution >= 4 is 17.9 Å². The normalized spacial score (nSPS) is 13.4. The fraction of sp³-hybridized carbons (Fsp3) is 0.716. The van der Waals surface area contributed by atoms with Crippen LogP contribution in [0.2, 0.25) is 0 Å². The summed E-state index contributed by atoms with van der Waals surface area (Å²) in [4.78, 5) is 37.8. The van der Waals surface area contributed by atoms with Crippen molar-refractivity contribution in [1.82, 2.24) is 0 Å². The molecule has 0 radical (unpaired) electrons. The van der Waals surface area contributed by atoms with Crippen LogP contribution >= 0.6 is 0 Å². The van der Waals surface area contributed by atoms with Crippen LogP contribution in [-0.4, -0.2) is 87.4 Å². The number of likely N-dealkylation sites (N-methyl/N-ethyl adjacent to an activating group) is 1. The van der Waals surface area contributed by atoms with E-state index in [0.29, 0.717) is 17.4 Å². The van der Waals surface area contributed by atoms with Gasteiger partial charge in [0.25, 0.3) is 6.29 Å². The number of rotatable bonds is 80. The Bertz CT molecular complexity index is 2230. The number of allylic oxidation sites excluding steroid dienone is 24. The molecular weight excluding hydrogens is 1280 g/mol. The third-order valence-electron chi connectivity index (χ3n) is 18.9. The first-order chi connectivity index (χ1) is 51.1. The monoisotopic (exact) mass is 1450 g/mol. The molecule has 0 saturated heterocycles. The highest BCUT2D eigenvalue weighted by Crippen LogP contribution is 2.19. The molecule has 0 heterocycles. The number of hydrogen-bond acceptors (Lipinski definition) is 7. The Morgan fingerprint density at radius 3 is 0.817 bits per heavy atom. The van der Waals surface area contributed by atoms with Gasteiger partial charge in [-0.15, -0.1) is 0 Å². The van der Waals surface area contributed by atoms with E-state index >= 15 is 0 Å².